The second-order valence-electron chi connectivity index (χ2n) is 3.53. The van der Waals surface area contributed by atoms with Gasteiger partial charge in [-0.2, -0.15) is 0 Å². The minimum Gasteiger partial charge on any atom is -0.386 e. The molecule has 0 bridgehead atoms. The monoisotopic (exact) mass is 220 g/mol. The van der Waals surface area contributed by atoms with E-state index in [0.29, 0.717) is 0 Å². The number of carbonyl (C=O) groups is 1. The molecule has 1 aromatic rings. The van der Waals surface area contributed by atoms with E-state index < -0.39 is 12.2 Å². The molecule has 0 spiro atoms. The van der Waals surface area contributed by atoms with Crippen LogP contribution in [0.25, 0.3) is 6.08 Å². The number of hydrogen-bond acceptors (Lipinski definition) is 3. The van der Waals surface area contributed by atoms with Gasteiger partial charge in [0, 0.05) is 7.11 Å². The van der Waals surface area contributed by atoms with Gasteiger partial charge < -0.3 is 9.84 Å². The van der Waals surface area contributed by atoms with Crippen molar-refractivity contribution in [2.75, 3.05) is 7.11 Å². The van der Waals surface area contributed by atoms with Gasteiger partial charge in [-0.3, -0.25) is 4.79 Å². The average Bonchev–Trinajstić information content (AvgIpc) is 2.28. The molecule has 0 heterocycles. The first-order valence-electron chi connectivity index (χ1n) is 5.09. The molecule has 0 aliphatic rings. The number of benzene rings is 1. The van der Waals surface area contributed by atoms with E-state index in [1.165, 1.54) is 14.0 Å². The summed E-state index contributed by atoms with van der Waals surface area (Å²) < 4.78 is 4.91. The fourth-order valence-corrected chi connectivity index (χ4v) is 1.42. The van der Waals surface area contributed by atoms with Crippen LogP contribution in [0.3, 0.4) is 0 Å². The van der Waals surface area contributed by atoms with Crippen molar-refractivity contribution in [3.63, 3.8) is 0 Å². The van der Waals surface area contributed by atoms with Crippen LogP contribution in [0.1, 0.15) is 12.5 Å². The number of ketones is 1. The van der Waals surface area contributed by atoms with E-state index in [2.05, 4.69) is 0 Å². The number of ether oxygens (including phenoxy) is 1. The lowest BCUT2D eigenvalue weighted by atomic mass is 10.1. The number of carbonyl (C=O) groups excluding carboxylic acids is 1. The SMILES string of the molecule is CO[C@H](C(C)=O)[C@@H](O)/C=C/c1ccccc1. The Hall–Kier alpha value is -1.45. The van der Waals surface area contributed by atoms with Gasteiger partial charge in [0.2, 0.25) is 0 Å². The van der Waals surface area contributed by atoms with Gasteiger partial charge in [-0.25, -0.2) is 0 Å². The smallest absolute Gasteiger partial charge is 0.161 e. The highest BCUT2D eigenvalue weighted by Gasteiger charge is 2.20. The number of hydrogen-bond donors (Lipinski definition) is 1. The quantitative estimate of drug-likeness (QED) is 0.821. The minimum absolute atomic E-state index is 0.187. The second-order valence-corrected chi connectivity index (χ2v) is 3.53. The molecule has 2 atom stereocenters. The van der Waals surface area contributed by atoms with E-state index in [4.69, 9.17) is 4.74 Å². The van der Waals surface area contributed by atoms with Crippen LogP contribution in [0.5, 0.6) is 0 Å². The lowest BCUT2D eigenvalue weighted by Crippen LogP contribution is -2.32. The van der Waals surface area contributed by atoms with Gasteiger partial charge in [0.15, 0.2) is 5.78 Å². The molecule has 0 aromatic heterocycles. The molecule has 3 nitrogen and oxygen atoms in total. The molecule has 0 aliphatic heterocycles. The van der Waals surface area contributed by atoms with Crippen LogP contribution < -0.4 is 0 Å². The predicted molar refractivity (Wildman–Crippen MR) is 63.0 cm³/mol. The Morgan fingerprint density at radius 2 is 2.00 bits per heavy atom. The summed E-state index contributed by atoms with van der Waals surface area (Å²) in [6, 6.07) is 9.56. The lowest BCUT2D eigenvalue weighted by molar-refractivity contribution is -0.131. The maximum Gasteiger partial charge on any atom is 0.161 e. The van der Waals surface area contributed by atoms with Crippen LogP contribution in [0.15, 0.2) is 36.4 Å². The molecule has 0 aliphatic carbocycles. The molecule has 0 unspecified atom stereocenters. The van der Waals surface area contributed by atoms with Crippen molar-refractivity contribution in [2.24, 2.45) is 0 Å². The molecule has 0 radical (unpaired) electrons. The van der Waals surface area contributed by atoms with E-state index >= 15 is 0 Å². The molecule has 0 saturated carbocycles. The van der Waals surface area contributed by atoms with E-state index in [9.17, 15) is 9.90 Å². The van der Waals surface area contributed by atoms with Gasteiger partial charge in [0.05, 0.1) is 0 Å². The Morgan fingerprint density at radius 1 is 1.38 bits per heavy atom. The Labute approximate surface area is 95.4 Å². The lowest BCUT2D eigenvalue weighted by Gasteiger charge is -2.15. The zero-order valence-electron chi connectivity index (χ0n) is 9.46. The normalized spacial score (nSPS) is 14.9. The highest BCUT2D eigenvalue weighted by Crippen LogP contribution is 2.06. The van der Waals surface area contributed by atoms with Gasteiger partial charge in [-0.05, 0) is 12.5 Å². The third kappa shape index (κ3) is 3.61. The second kappa shape index (κ2) is 6.20. The highest BCUT2D eigenvalue weighted by molar-refractivity contribution is 5.81. The van der Waals surface area contributed by atoms with Crippen LogP contribution in [-0.2, 0) is 9.53 Å². The summed E-state index contributed by atoms with van der Waals surface area (Å²) in [5.41, 5.74) is 0.972. The largest absolute Gasteiger partial charge is 0.386 e. The van der Waals surface area contributed by atoms with Crippen molar-refractivity contribution in [1.29, 1.82) is 0 Å². The number of aliphatic hydroxyl groups excluding tert-OH is 1. The molecule has 1 rings (SSSR count). The molecule has 16 heavy (non-hydrogen) atoms. The summed E-state index contributed by atoms with van der Waals surface area (Å²) >= 11 is 0. The summed E-state index contributed by atoms with van der Waals surface area (Å²) in [4.78, 5) is 11.1. The Bertz CT molecular complexity index is 357. The maximum absolute atomic E-state index is 11.1. The molecule has 86 valence electrons. The first-order valence-corrected chi connectivity index (χ1v) is 5.09. The Morgan fingerprint density at radius 3 is 2.50 bits per heavy atom. The van der Waals surface area contributed by atoms with Crippen molar-refractivity contribution >= 4 is 11.9 Å². The number of Topliss-reactive ketones (excluding diaryl/α,β-unsaturated/α-hetero) is 1. The number of methoxy groups -OCH3 is 1. The summed E-state index contributed by atoms with van der Waals surface area (Å²) in [6.45, 7) is 1.40. The summed E-state index contributed by atoms with van der Waals surface area (Å²) in [6.07, 6.45) is 1.62. The fourth-order valence-electron chi connectivity index (χ4n) is 1.42. The van der Waals surface area contributed by atoms with E-state index in [-0.39, 0.29) is 5.78 Å². The van der Waals surface area contributed by atoms with Crippen molar-refractivity contribution in [3.8, 4) is 0 Å². The standard InChI is InChI=1S/C13H16O3/c1-10(14)13(16-2)12(15)9-8-11-6-4-3-5-7-11/h3-9,12-13,15H,1-2H3/b9-8+/t12-,13+/m0/s1. The maximum atomic E-state index is 11.1. The zero-order chi connectivity index (χ0) is 12.0. The zero-order valence-corrected chi connectivity index (χ0v) is 9.46. The van der Waals surface area contributed by atoms with E-state index in [1.54, 1.807) is 12.2 Å². The summed E-state index contributed by atoms with van der Waals surface area (Å²) in [5.74, 6) is -0.187. The Kier molecular flexibility index (Phi) is 4.89. The third-order valence-electron chi connectivity index (χ3n) is 2.25. The molecule has 0 amide bonds. The number of aliphatic hydroxyl groups is 1. The van der Waals surface area contributed by atoms with Gasteiger partial charge in [-0.15, -0.1) is 0 Å². The third-order valence-corrected chi connectivity index (χ3v) is 2.25. The molecular weight excluding hydrogens is 204 g/mol. The van der Waals surface area contributed by atoms with E-state index in [1.807, 2.05) is 30.3 Å². The van der Waals surface area contributed by atoms with Gasteiger partial charge in [0.25, 0.3) is 0 Å². The molecular formula is C13H16O3. The van der Waals surface area contributed by atoms with E-state index in [0.717, 1.165) is 5.56 Å². The Balaban J connectivity index is 2.66. The van der Waals surface area contributed by atoms with Crippen LogP contribution in [0, 0.1) is 0 Å². The van der Waals surface area contributed by atoms with Gasteiger partial charge in [-0.1, -0.05) is 42.5 Å². The molecule has 0 fully saturated rings. The number of rotatable bonds is 5. The van der Waals surface area contributed by atoms with Crippen molar-refractivity contribution in [1.82, 2.24) is 0 Å². The predicted octanol–water partition coefficient (Wildman–Crippen LogP) is 1.66. The van der Waals surface area contributed by atoms with Crippen LogP contribution in [-0.4, -0.2) is 30.2 Å². The van der Waals surface area contributed by atoms with Gasteiger partial charge >= 0.3 is 0 Å². The van der Waals surface area contributed by atoms with Gasteiger partial charge in [0.1, 0.15) is 12.2 Å². The molecule has 1 N–H and O–H groups in total. The topological polar surface area (TPSA) is 46.5 Å². The van der Waals surface area contributed by atoms with Crippen molar-refractivity contribution < 1.29 is 14.6 Å². The molecule has 0 saturated heterocycles. The first kappa shape index (κ1) is 12.6. The minimum atomic E-state index is -0.914. The highest BCUT2D eigenvalue weighted by atomic mass is 16.5. The first-order chi connectivity index (χ1) is 7.65. The van der Waals surface area contributed by atoms with Crippen LogP contribution in [0.2, 0.25) is 0 Å². The van der Waals surface area contributed by atoms with Crippen LogP contribution in [0.4, 0.5) is 0 Å². The van der Waals surface area contributed by atoms with Crippen molar-refractivity contribution in [3.05, 3.63) is 42.0 Å². The fraction of sp³-hybridized carbons (Fsp3) is 0.308. The van der Waals surface area contributed by atoms with Crippen LogP contribution >= 0.6 is 0 Å². The molecule has 3 heteroatoms. The summed E-state index contributed by atoms with van der Waals surface area (Å²) in [5, 5.41) is 9.71. The summed E-state index contributed by atoms with van der Waals surface area (Å²) in [7, 11) is 1.41. The average molecular weight is 220 g/mol. The van der Waals surface area contributed by atoms with Crippen molar-refractivity contribution in [2.45, 2.75) is 19.1 Å². The molecule has 1 aromatic carbocycles.